The number of amides is 2. The first-order chi connectivity index (χ1) is 12.8. The zero-order valence-electron chi connectivity index (χ0n) is 16.1. The Morgan fingerprint density at radius 2 is 1.78 bits per heavy atom. The second-order valence-corrected chi connectivity index (χ2v) is 6.87. The molecule has 0 spiro atoms. The molecule has 5 nitrogen and oxygen atoms in total. The van der Waals surface area contributed by atoms with E-state index >= 15 is 0 Å². The largest absolute Gasteiger partial charge is 0.480 e. The monoisotopic (exact) mass is 388 g/mol. The molecule has 0 aliphatic carbocycles. The molecule has 0 aliphatic rings. The van der Waals surface area contributed by atoms with Gasteiger partial charge in [0.25, 0.3) is 5.91 Å². The second kappa shape index (κ2) is 9.42. The molecule has 0 aromatic heterocycles. The molecule has 2 N–H and O–H groups in total. The summed E-state index contributed by atoms with van der Waals surface area (Å²) in [4.78, 5) is 24.3. The minimum Gasteiger partial charge on any atom is -0.480 e. The second-order valence-electron chi connectivity index (χ2n) is 6.46. The van der Waals surface area contributed by atoms with Gasteiger partial charge in [-0.05, 0) is 56.5 Å². The van der Waals surface area contributed by atoms with E-state index in [1.807, 2.05) is 39.0 Å². The number of hydrogen-bond acceptors (Lipinski definition) is 3. The van der Waals surface area contributed by atoms with Crippen LogP contribution < -0.4 is 15.4 Å². The first-order valence-corrected chi connectivity index (χ1v) is 9.32. The molecule has 0 aliphatic heterocycles. The van der Waals surface area contributed by atoms with Crippen molar-refractivity contribution in [2.45, 2.75) is 46.6 Å². The van der Waals surface area contributed by atoms with Crippen LogP contribution in [-0.4, -0.2) is 17.9 Å². The predicted octanol–water partition coefficient (Wildman–Crippen LogP) is 5.10. The van der Waals surface area contributed by atoms with E-state index in [2.05, 4.69) is 10.6 Å². The molecule has 144 valence electrons. The van der Waals surface area contributed by atoms with Gasteiger partial charge >= 0.3 is 0 Å². The Bertz CT molecular complexity index is 816. The normalized spacial score (nSPS) is 11.6. The molecule has 0 bridgehead atoms. The first kappa shape index (κ1) is 20.8. The minimum atomic E-state index is -0.709. The van der Waals surface area contributed by atoms with Gasteiger partial charge in [0, 0.05) is 12.1 Å². The number of benzene rings is 2. The number of carbonyl (C=O) groups excluding carboxylic acids is 2. The lowest BCUT2D eigenvalue weighted by atomic mass is 10.1. The van der Waals surface area contributed by atoms with Crippen molar-refractivity contribution in [2.24, 2.45) is 0 Å². The quantitative estimate of drug-likeness (QED) is 0.693. The van der Waals surface area contributed by atoms with Crippen molar-refractivity contribution in [1.29, 1.82) is 0 Å². The average Bonchev–Trinajstić information content (AvgIpc) is 2.61. The van der Waals surface area contributed by atoms with Crippen molar-refractivity contribution in [3.8, 4) is 5.75 Å². The fraction of sp³-hybridized carbons (Fsp3) is 0.333. The lowest BCUT2D eigenvalue weighted by Crippen LogP contribution is -2.30. The zero-order valence-corrected chi connectivity index (χ0v) is 16.8. The van der Waals surface area contributed by atoms with E-state index in [0.717, 1.165) is 17.5 Å². The molecule has 2 aromatic rings. The molecular formula is C21H25ClN2O3. The number of nitrogens with one attached hydrogen (secondary N) is 2. The van der Waals surface area contributed by atoms with Gasteiger partial charge in [-0.15, -0.1) is 0 Å². The predicted molar refractivity (Wildman–Crippen MR) is 110 cm³/mol. The van der Waals surface area contributed by atoms with Crippen molar-refractivity contribution in [3.63, 3.8) is 0 Å². The highest BCUT2D eigenvalue weighted by Crippen LogP contribution is 2.27. The van der Waals surface area contributed by atoms with E-state index in [-0.39, 0.29) is 11.8 Å². The number of aryl methyl sites for hydroxylation is 2. The summed E-state index contributed by atoms with van der Waals surface area (Å²) in [6.07, 6.45) is 0.487. The fourth-order valence-electron chi connectivity index (χ4n) is 2.60. The molecule has 0 saturated heterocycles. The fourth-order valence-corrected chi connectivity index (χ4v) is 2.76. The van der Waals surface area contributed by atoms with Crippen molar-refractivity contribution < 1.29 is 14.3 Å². The third-order valence-electron chi connectivity index (χ3n) is 4.06. The standard InChI is InChI=1S/C21H25ClN2O3/c1-5-7-19(25)23-16-10-11-17(22)18(12-16)24-21(26)15(4)27-20-13(2)8-6-9-14(20)3/h6,8-12,15H,5,7H2,1-4H3,(H,23,25)(H,24,26). The maximum Gasteiger partial charge on any atom is 0.265 e. The van der Waals surface area contributed by atoms with Crippen LogP contribution in [0.2, 0.25) is 5.02 Å². The molecule has 1 atom stereocenters. The van der Waals surface area contributed by atoms with E-state index in [9.17, 15) is 9.59 Å². The first-order valence-electron chi connectivity index (χ1n) is 8.95. The van der Waals surface area contributed by atoms with Gasteiger partial charge in [-0.3, -0.25) is 9.59 Å². The molecule has 0 radical (unpaired) electrons. The van der Waals surface area contributed by atoms with Crippen LogP contribution in [-0.2, 0) is 9.59 Å². The zero-order chi connectivity index (χ0) is 20.0. The molecule has 1 unspecified atom stereocenters. The molecule has 6 heteroatoms. The summed E-state index contributed by atoms with van der Waals surface area (Å²) in [5.74, 6) is 0.298. The molecule has 2 aromatic carbocycles. The van der Waals surface area contributed by atoms with Crippen molar-refractivity contribution in [3.05, 3.63) is 52.5 Å². The van der Waals surface area contributed by atoms with Crippen LogP contribution in [0.3, 0.4) is 0 Å². The lowest BCUT2D eigenvalue weighted by molar-refractivity contribution is -0.122. The number of rotatable bonds is 7. The number of para-hydroxylation sites is 1. The molecule has 2 amide bonds. The number of halogens is 1. The Hall–Kier alpha value is -2.53. The molecule has 2 rings (SSSR count). The van der Waals surface area contributed by atoms with Gasteiger partial charge in [-0.25, -0.2) is 0 Å². The summed E-state index contributed by atoms with van der Waals surface area (Å²) >= 11 is 6.19. The van der Waals surface area contributed by atoms with Gasteiger partial charge in [0.05, 0.1) is 10.7 Å². The van der Waals surface area contributed by atoms with Crippen LogP contribution in [0.1, 0.15) is 37.8 Å². The number of carbonyl (C=O) groups is 2. The van der Waals surface area contributed by atoms with Crippen LogP contribution in [0.15, 0.2) is 36.4 Å². The van der Waals surface area contributed by atoms with Crippen molar-refractivity contribution >= 4 is 34.8 Å². The highest BCUT2D eigenvalue weighted by molar-refractivity contribution is 6.34. The summed E-state index contributed by atoms with van der Waals surface area (Å²) < 4.78 is 5.85. The SMILES string of the molecule is CCCC(=O)Nc1ccc(Cl)c(NC(=O)C(C)Oc2c(C)cccc2C)c1. The number of anilines is 2. The van der Waals surface area contributed by atoms with E-state index < -0.39 is 6.10 Å². The van der Waals surface area contributed by atoms with Gasteiger partial charge < -0.3 is 15.4 Å². The van der Waals surface area contributed by atoms with Gasteiger partial charge in [0.15, 0.2) is 6.10 Å². The Morgan fingerprint density at radius 1 is 1.11 bits per heavy atom. The topological polar surface area (TPSA) is 67.4 Å². The summed E-state index contributed by atoms with van der Waals surface area (Å²) in [5.41, 5.74) is 2.94. The van der Waals surface area contributed by atoms with E-state index in [1.165, 1.54) is 0 Å². The lowest BCUT2D eigenvalue weighted by Gasteiger charge is -2.18. The van der Waals surface area contributed by atoms with Crippen LogP contribution in [0, 0.1) is 13.8 Å². The molecule has 27 heavy (non-hydrogen) atoms. The Labute approximate surface area is 165 Å². The maximum absolute atomic E-state index is 12.5. The Morgan fingerprint density at radius 3 is 2.41 bits per heavy atom. The van der Waals surface area contributed by atoms with Crippen LogP contribution in [0.25, 0.3) is 0 Å². The third kappa shape index (κ3) is 5.73. The highest BCUT2D eigenvalue weighted by atomic mass is 35.5. The summed E-state index contributed by atoms with van der Waals surface area (Å²) in [7, 11) is 0. The maximum atomic E-state index is 12.5. The smallest absolute Gasteiger partial charge is 0.265 e. The molecule has 0 fully saturated rings. The highest BCUT2D eigenvalue weighted by Gasteiger charge is 2.18. The Balaban J connectivity index is 2.09. The van der Waals surface area contributed by atoms with Crippen LogP contribution in [0.4, 0.5) is 11.4 Å². The van der Waals surface area contributed by atoms with Crippen LogP contribution >= 0.6 is 11.6 Å². The summed E-state index contributed by atoms with van der Waals surface area (Å²) in [6.45, 7) is 7.49. The van der Waals surface area contributed by atoms with Gasteiger partial charge in [0.1, 0.15) is 5.75 Å². The average molecular weight is 389 g/mol. The van der Waals surface area contributed by atoms with Gasteiger partial charge in [-0.1, -0.05) is 36.7 Å². The van der Waals surface area contributed by atoms with E-state index in [1.54, 1.807) is 25.1 Å². The van der Waals surface area contributed by atoms with Gasteiger partial charge in [-0.2, -0.15) is 0 Å². The molecule has 0 heterocycles. The Kier molecular flexibility index (Phi) is 7.25. The molecular weight excluding hydrogens is 364 g/mol. The summed E-state index contributed by atoms with van der Waals surface area (Å²) in [6, 6.07) is 10.8. The minimum absolute atomic E-state index is 0.0798. The van der Waals surface area contributed by atoms with Crippen LogP contribution in [0.5, 0.6) is 5.75 Å². The third-order valence-corrected chi connectivity index (χ3v) is 4.39. The molecule has 0 saturated carbocycles. The van der Waals surface area contributed by atoms with Gasteiger partial charge in [0.2, 0.25) is 5.91 Å². The number of ether oxygens (including phenoxy) is 1. The number of hydrogen-bond donors (Lipinski definition) is 2. The van der Waals surface area contributed by atoms with Crippen molar-refractivity contribution in [2.75, 3.05) is 10.6 Å². The van der Waals surface area contributed by atoms with Crippen molar-refractivity contribution in [1.82, 2.24) is 0 Å². The summed E-state index contributed by atoms with van der Waals surface area (Å²) in [5, 5.41) is 5.94. The van der Waals surface area contributed by atoms with E-state index in [0.29, 0.717) is 28.6 Å². The van der Waals surface area contributed by atoms with E-state index in [4.69, 9.17) is 16.3 Å².